The van der Waals surface area contributed by atoms with E-state index >= 15 is 0 Å². The fourth-order valence-electron chi connectivity index (χ4n) is 2.82. The van der Waals surface area contributed by atoms with Gasteiger partial charge in [-0.25, -0.2) is 4.39 Å². The van der Waals surface area contributed by atoms with Crippen LogP contribution in [0.25, 0.3) is 0 Å². The van der Waals surface area contributed by atoms with Gasteiger partial charge in [0.05, 0.1) is 5.69 Å². The summed E-state index contributed by atoms with van der Waals surface area (Å²) in [5, 5.41) is 16.3. The van der Waals surface area contributed by atoms with Crippen LogP contribution in [-0.2, 0) is 6.54 Å². The van der Waals surface area contributed by atoms with Crippen molar-refractivity contribution in [1.29, 1.82) is 0 Å². The summed E-state index contributed by atoms with van der Waals surface area (Å²) in [6, 6.07) is 5.39. The molecule has 1 unspecified atom stereocenters. The normalized spacial score (nSPS) is 25.6. The molecule has 1 aromatic rings. The topological polar surface area (TPSA) is 47.5 Å². The Bertz CT molecular complexity index is 434. The highest BCUT2D eigenvalue weighted by atomic mass is 19.1. The Labute approximate surface area is 106 Å². The molecule has 5 heteroatoms. The van der Waals surface area contributed by atoms with Crippen molar-refractivity contribution >= 4 is 5.69 Å². The first-order valence-electron chi connectivity index (χ1n) is 6.44. The number of piperidine rings is 1. The number of hydrogen-bond acceptors (Lipinski definition) is 4. The number of fused-ring (bicyclic) bond motifs is 1. The summed E-state index contributed by atoms with van der Waals surface area (Å²) in [7, 11) is 0. The minimum Gasteiger partial charge on any atom is -0.361 e. The van der Waals surface area contributed by atoms with Crippen molar-refractivity contribution in [3.05, 3.63) is 29.6 Å². The van der Waals surface area contributed by atoms with Gasteiger partial charge in [-0.15, -0.1) is 0 Å². The zero-order chi connectivity index (χ0) is 12.5. The van der Waals surface area contributed by atoms with Crippen molar-refractivity contribution in [2.75, 3.05) is 18.4 Å². The highest BCUT2D eigenvalue weighted by Gasteiger charge is 2.31. The summed E-state index contributed by atoms with van der Waals surface area (Å²) >= 11 is 0. The fraction of sp³-hybridized carbons (Fsp3) is 0.538. The van der Waals surface area contributed by atoms with Crippen LogP contribution in [-0.4, -0.2) is 35.5 Å². The second-order valence-corrected chi connectivity index (χ2v) is 4.95. The molecule has 3 N–H and O–H groups in total. The Morgan fingerprint density at radius 3 is 2.83 bits per heavy atom. The largest absolute Gasteiger partial charge is 0.361 e. The number of aliphatic hydroxyl groups is 1. The van der Waals surface area contributed by atoms with Gasteiger partial charge in [0, 0.05) is 12.6 Å². The van der Waals surface area contributed by atoms with Gasteiger partial charge in [0.25, 0.3) is 0 Å². The van der Waals surface area contributed by atoms with Gasteiger partial charge in [-0.1, -0.05) is 12.1 Å². The molecular weight excluding hydrogens is 233 g/mol. The second-order valence-electron chi connectivity index (χ2n) is 4.95. The van der Waals surface area contributed by atoms with E-state index < -0.39 is 6.35 Å². The number of aliphatic hydroxyl groups excluding tert-OH is 1. The molecule has 3 rings (SSSR count). The maximum Gasteiger partial charge on any atom is 0.184 e. The Balaban J connectivity index is 1.82. The molecular formula is C13H18FN3O. The molecule has 4 nitrogen and oxygen atoms in total. The predicted octanol–water partition coefficient (Wildman–Crippen LogP) is 1.08. The molecule has 2 aliphatic rings. The van der Waals surface area contributed by atoms with Crippen LogP contribution in [0.4, 0.5) is 10.1 Å². The molecule has 1 fully saturated rings. The number of anilines is 1. The monoisotopic (exact) mass is 251 g/mol. The maximum atomic E-state index is 13.6. The van der Waals surface area contributed by atoms with Crippen molar-refractivity contribution < 1.29 is 9.50 Å². The standard InChI is InChI=1S/C13H18FN3O/c14-11-3-1-2-9-8-17(13(18)16-12(9)11)10-4-6-15-7-5-10/h1-3,10,13,15-16,18H,4-8H2. The molecule has 98 valence electrons. The first-order chi connectivity index (χ1) is 8.75. The van der Waals surface area contributed by atoms with Crippen LogP contribution >= 0.6 is 0 Å². The minimum absolute atomic E-state index is 0.295. The van der Waals surface area contributed by atoms with E-state index in [1.54, 1.807) is 6.07 Å². The lowest BCUT2D eigenvalue weighted by atomic mass is 10.0. The van der Waals surface area contributed by atoms with Crippen molar-refractivity contribution in [2.45, 2.75) is 31.8 Å². The maximum absolute atomic E-state index is 13.6. The molecule has 1 atom stereocenters. The van der Waals surface area contributed by atoms with Gasteiger partial charge < -0.3 is 15.7 Å². The number of halogens is 1. The average molecular weight is 251 g/mol. The lowest BCUT2D eigenvalue weighted by Gasteiger charge is -2.41. The molecule has 0 bridgehead atoms. The fourth-order valence-corrected chi connectivity index (χ4v) is 2.82. The highest BCUT2D eigenvalue weighted by molar-refractivity contribution is 5.54. The predicted molar refractivity (Wildman–Crippen MR) is 67.5 cm³/mol. The lowest BCUT2D eigenvalue weighted by molar-refractivity contribution is -0.0254. The van der Waals surface area contributed by atoms with E-state index in [4.69, 9.17) is 0 Å². The third-order valence-electron chi connectivity index (χ3n) is 3.82. The third-order valence-corrected chi connectivity index (χ3v) is 3.82. The van der Waals surface area contributed by atoms with Crippen LogP contribution in [0.3, 0.4) is 0 Å². The van der Waals surface area contributed by atoms with E-state index in [0.29, 0.717) is 18.3 Å². The molecule has 2 aliphatic heterocycles. The van der Waals surface area contributed by atoms with Crippen molar-refractivity contribution in [3.8, 4) is 0 Å². The van der Waals surface area contributed by atoms with Crippen LogP contribution < -0.4 is 10.6 Å². The van der Waals surface area contributed by atoms with Crippen LogP contribution in [0, 0.1) is 5.82 Å². The van der Waals surface area contributed by atoms with Crippen molar-refractivity contribution in [3.63, 3.8) is 0 Å². The quantitative estimate of drug-likeness (QED) is 0.699. The number of para-hydroxylation sites is 1. The molecule has 0 aromatic heterocycles. The number of nitrogens with zero attached hydrogens (tertiary/aromatic N) is 1. The molecule has 1 saturated heterocycles. The van der Waals surface area contributed by atoms with Crippen molar-refractivity contribution in [2.24, 2.45) is 0 Å². The van der Waals surface area contributed by atoms with Gasteiger partial charge in [0.2, 0.25) is 0 Å². The smallest absolute Gasteiger partial charge is 0.184 e. The Morgan fingerprint density at radius 2 is 2.06 bits per heavy atom. The van der Waals surface area contributed by atoms with Crippen LogP contribution in [0.15, 0.2) is 18.2 Å². The van der Waals surface area contributed by atoms with Gasteiger partial charge in [-0.05, 0) is 37.6 Å². The highest BCUT2D eigenvalue weighted by Crippen LogP contribution is 2.29. The number of benzene rings is 1. The van der Waals surface area contributed by atoms with Crippen molar-refractivity contribution in [1.82, 2.24) is 10.2 Å². The zero-order valence-electron chi connectivity index (χ0n) is 10.2. The Kier molecular flexibility index (Phi) is 3.20. The van der Waals surface area contributed by atoms with E-state index in [0.717, 1.165) is 31.5 Å². The lowest BCUT2D eigenvalue weighted by Crippen LogP contribution is -2.52. The summed E-state index contributed by atoms with van der Waals surface area (Å²) in [5.41, 5.74) is 1.36. The SMILES string of the molecule is OC1Nc2c(F)cccc2CN1C1CCNCC1. The molecule has 0 saturated carbocycles. The first-order valence-corrected chi connectivity index (χ1v) is 6.44. The van der Waals surface area contributed by atoms with Gasteiger partial charge in [0.1, 0.15) is 5.82 Å². The van der Waals surface area contributed by atoms with Crippen LogP contribution in [0.2, 0.25) is 0 Å². The summed E-state index contributed by atoms with van der Waals surface area (Å²) in [5.74, 6) is -0.295. The molecule has 0 spiro atoms. The molecule has 18 heavy (non-hydrogen) atoms. The molecule has 0 radical (unpaired) electrons. The van der Waals surface area contributed by atoms with Crippen LogP contribution in [0.5, 0.6) is 0 Å². The van der Waals surface area contributed by atoms with Crippen LogP contribution in [0.1, 0.15) is 18.4 Å². The summed E-state index contributed by atoms with van der Waals surface area (Å²) in [6.45, 7) is 2.56. The Morgan fingerprint density at radius 1 is 1.28 bits per heavy atom. The first kappa shape index (κ1) is 11.9. The number of rotatable bonds is 1. The summed E-state index contributed by atoms with van der Waals surface area (Å²) in [6.07, 6.45) is 1.24. The second kappa shape index (κ2) is 4.84. The molecule has 2 heterocycles. The van der Waals surface area contributed by atoms with E-state index in [9.17, 15) is 9.50 Å². The summed E-state index contributed by atoms with van der Waals surface area (Å²) < 4.78 is 13.6. The number of nitrogens with one attached hydrogen (secondary N) is 2. The minimum atomic E-state index is -0.794. The van der Waals surface area contributed by atoms with E-state index in [1.165, 1.54) is 6.07 Å². The van der Waals surface area contributed by atoms with Gasteiger partial charge >= 0.3 is 0 Å². The number of hydrogen-bond donors (Lipinski definition) is 3. The van der Waals surface area contributed by atoms with Gasteiger partial charge in [-0.2, -0.15) is 0 Å². The average Bonchev–Trinajstić information content (AvgIpc) is 2.40. The third kappa shape index (κ3) is 2.09. The van der Waals surface area contributed by atoms with E-state index in [2.05, 4.69) is 10.6 Å². The van der Waals surface area contributed by atoms with E-state index in [1.807, 2.05) is 11.0 Å². The molecule has 0 amide bonds. The molecule has 1 aromatic carbocycles. The summed E-state index contributed by atoms with van der Waals surface area (Å²) in [4.78, 5) is 2.02. The van der Waals surface area contributed by atoms with Gasteiger partial charge in [0.15, 0.2) is 6.35 Å². The molecule has 0 aliphatic carbocycles. The van der Waals surface area contributed by atoms with E-state index in [-0.39, 0.29) is 5.82 Å². The van der Waals surface area contributed by atoms with Gasteiger partial charge in [-0.3, -0.25) is 4.90 Å². The zero-order valence-corrected chi connectivity index (χ0v) is 10.2. The Hall–Kier alpha value is -1.17.